The first-order chi connectivity index (χ1) is 12.6. The summed E-state index contributed by atoms with van der Waals surface area (Å²) in [5.41, 5.74) is 1.84. The molecule has 134 valence electrons. The average molecular weight is 352 g/mol. The number of carbonyl (C=O) groups excluding carboxylic acids is 2. The normalized spacial score (nSPS) is 20.7. The Morgan fingerprint density at radius 2 is 1.81 bits per heavy atom. The predicted molar refractivity (Wildman–Crippen MR) is 96.4 cm³/mol. The third-order valence-electron chi connectivity index (χ3n) is 4.21. The highest BCUT2D eigenvalue weighted by Crippen LogP contribution is 2.41. The molecule has 2 aromatic rings. The molecule has 1 aliphatic rings. The maximum atomic E-state index is 12.6. The molecule has 2 atom stereocenters. The number of esters is 2. The van der Waals surface area contributed by atoms with Gasteiger partial charge in [-0.15, -0.1) is 0 Å². The standard InChI is InChI=1S/C21H20O5/c1-3-25-21(23)18-17(13-14-7-5-4-6-8-14)20(22)26-19(18)15-9-11-16(24-2)12-10-15/h4-13,18-19H,3H2,1-2H3/b17-13+/t18-,19-/m0/s1. The van der Waals surface area contributed by atoms with Crippen LogP contribution < -0.4 is 4.74 Å². The quantitative estimate of drug-likeness (QED) is 0.608. The molecule has 0 aliphatic carbocycles. The van der Waals surface area contributed by atoms with Crippen molar-refractivity contribution in [2.24, 2.45) is 5.92 Å². The number of rotatable bonds is 5. The molecule has 3 rings (SSSR count). The van der Waals surface area contributed by atoms with E-state index >= 15 is 0 Å². The molecule has 1 saturated heterocycles. The summed E-state index contributed by atoms with van der Waals surface area (Å²) in [6, 6.07) is 16.5. The van der Waals surface area contributed by atoms with Gasteiger partial charge in [-0.1, -0.05) is 42.5 Å². The summed E-state index contributed by atoms with van der Waals surface area (Å²) in [5.74, 6) is -1.10. The zero-order valence-corrected chi connectivity index (χ0v) is 14.7. The van der Waals surface area contributed by atoms with Gasteiger partial charge in [0.25, 0.3) is 0 Å². The van der Waals surface area contributed by atoms with Gasteiger partial charge < -0.3 is 14.2 Å². The summed E-state index contributed by atoms with van der Waals surface area (Å²) < 4.78 is 15.9. The first-order valence-electron chi connectivity index (χ1n) is 8.42. The van der Waals surface area contributed by atoms with Crippen molar-refractivity contribution in [1.29, 1.82) is 0 Å². The maximum Gasteiger partial charge on any atom is 0.335 e. The van der Waals surface area contributed by atoms with Crippen LogP contribution in [0.1, 0.15) is 24.2 Å². The highest BCUT2D eigenvalue weighted by molar-refractivity contribution is 6.02. The van der Waals surface area contributed by atoms with Crippen LogP contribution in [0.2, 0.25) is 0 Å². The molecule has 0 amide bonds. The lowest BCUT2D eigenvalue weighted by Gasteiger charge is -2.17. The van der Waals surface area contributed by atoms with E-state index in [0.717, 1.165) is 5.56 Å². The first-order valence-corrected chi connectivity index (χ1v) is 8.42. The van der Waals surface area contributed by atoms with Gasteiger partial charge >= 0.3 is 11.9 Å². The second-order valence-electron chi connectivity index (χ2n) is 5.84. The molecule has 0 unspecified atom stereocenters. The number of hydrogen-bond acceptors (Lipinski definition) is 5. The molecule has 0 saturated carbocycles. The molecule has 1 fully saturated rings. The SMILES string of the molecule is CCOC(=O)[C@H]1/C(=C\c2ccccc2)C(=O)O[C@H]1c1ccc(OC)cc1. The van der Waals surface area contributed by atoms with Crippen molar-refractivity contribution < 1.29 is 23.8 Å². The molecule has 1 aliphatic heterocycles. The Morgan fingerprint density at radius 1 is 1.12 bits per heavy atom. The van der Waals surface area contributed by atoms with Gasteiger partial charge in [0.05, 0.1) is 19.3 Å². The summed E-state index contributed by atoms with van der Waals surface area (Å²) in [6.07, 6.45) is 0.968. The molecular weight excluding hydrogens is 332 g/mol. The minimum atomic E-state index is -0.809. The lowest BCUT2D eigenvalue weighted by molar-refractivity contribution is -0.149. The van der Waals surface area contributed by atoms with Crippen molar-refractivity contribution in [3.63, 3.8) is 0 Å². The van der Waals surface area contributed by atoms with E-state index in [-0.39, 0.29) is 6.61 Å². The van der Waals surface area contributed by atoms with Crippen LogP contribution in [0.3, 0.4) is 0 Å². The van der Waals surface area contributed by atoms with Crippen molar-refractivity contribution in [1.82, 2.24) is 0 Å². The fraction of sp³-hybridized carbons (Fsp3) is 0.238. The maximum absolute atomic E-state index is 12.6. The fourth-order valence-corrected chi connectivity index (χ4v) is 2.96. The Kier molecular flexibility index (Phi) is 5.37. The van der Waals surface area contributed by atoms with Gasteiger partial charge in [-0.3, -0.25) is 4.79 Å². The average Bonchev–Trinajstić information content (AvgIpc) is 2.99. The minimum absolute atomic E-state index is 0.234. The lowest BCUT2D eigenvalue weighted by Crippen LogP contribution is -2.22. The van der Waals surface area contributed by atoms with Crippen LogP contribution in [0.4, 0.5) is 0 Å². The van der Waals surface area contributed by atoms with E-state index in [4.69, 9.17) is 14.2 Å². The molecule has 0 radical (unpaired) electrons. The van der Waals surface area contributed by atoms with E-state index in [9.17, 15) is 9.59 Å². The second-order valence-corrected chi connectivity index (χ2v) is 5.84. The number of hydrogen-bond donors (Lipinski definition) is 0. The van der Waals surface area contributed by atoms with Crippen molar-refractivity contribution in [3.05, 3.63) is 71.3 Å². The third kappa shape index (κ3) is 3.61. The highest BCUT2D eigenvalue weighted by atomic mass is 16.6. The van der Waals surface area contributed by atoms with E-state index in [1.807, 2.05) is 30.3 Å². The molecule has 1 heterocycles. The minimum Gasteiger partial charge on any atom is -0.497 e. The summed E-state index contributed by atoms with van der Waals surface area (Å²) in [4.78, 5) is 25.1. The van der Waals surface area contributed by atoms with E-state index in [1.165, 1.54) is 0 Å². The Bertz CT molecular complexity index is 808. The summed E-state index contributed by atoms with van der Waals surface area (Å²) in [7, 11) is 1.58. The molecule has 5 nitrogen and oxygen atoms in total. The van der Waals surface area contributed by atoms with Crippen LogP contribution >= 0.6 is 0 Å². The Morgan fingerprint density at radius 3 is 2.42 bits per heavy atom. The summed E-state index contributed by atoms with van der Waals surface area (Å²) in [5, 5.41) is 0. The zero-order valence-electron chi connectivity index (χ0n) is 14.7. The summed E-state index contributed by atoms with van der Waals surface area (Å²) >= 11 is 0. The summed E-state index contributed by atoms with van der Waals surface area (Å²) in [6.45, 7) is 1.97. The van der Waals surface area contributed by atoms with Gasteiger partial charge in [-0.05, 0) is 36.3 Å². The van der Waals surface area contributed by atoms with Gasteiger partial charge in [0.15, 0.2) is 0 Å². The first kappa shape index (κ1) is 17.7. The van der Waals surface area contributed by atoms with Gasteiger partial charge in [0.2, 0.25) is 0 Å². The van der Waals surface area contributed by atoms with Crippen molar-refractivity contribution in [3.8, 4) is 5.75 Å². The van der Waals surface area contributed by atoms with Crippen LogP contribution in [-0.2, 0) is 19.1 Å². The topological polar surface area (TPSA) is 61.8 Å². The molecular formula is C21H20O5. The van der Waals surface area contributed by atoms with Crippen LogP contribution in [0.15, 0.2) is 60.2 Å². The monoisotopic (exact) mass is 352 g/mol. The lowest BCUT2D eigenvalue weighted by atomic mass is 9.90. The van der Waals surface area contributed by atoms with Gasteiger partial charge in [-0.2, -0.15) is 0 Å². The van der Waals surface area contributed by atoms with Crippen LogP contribution in [0.25, 0.3) is 6.08 Å². The smallest absolute Gasteiger partial charge is 0.335 e. The van der Waals surface area contributed by atoms with E-state index in [1.54, 1.807) is 44.4 Å². The Labute approximate surface area is 152 Å². The molecule has 5 heteroatoms. The third-order valence-corrected chi connectivity index (χ3v) is 4.21. The largest absolute Gasteiger partial charge is 0.497 e. The number of ether oxygens (including phenoxy) is 3. The molecule has 0 bridgehead atoms. The van der Waals surface area contributed by atoms with Crippen molar-refractivity contribution in [2.45, 2.75) is 13.0 Å². The molecule has 26 heavy (non-hydrogen) atoms. The van der Waals surface area contributed by atoms with Crippen molar-refractivity contribution >= 4 is 18.0 Å². The number of methoxy groups -OCH3 is 1. The van der Waals surface area contributed by atoms with Crippen LogP contribution in [0.5, 0.6) is 5.75 Å². The van der Waals surface area contributed by atoms with E-state index in [2.05, 4.69) is 0 Å². The number of cyclic esters (lactones) is 1. The number of carbonyl (C=O) groups is 2. The predicted octanol–water partition coefficient (Wildman–Crippen LogP) is 3.56. The highest BCUT2D eigenvalue weighted by Gasteiger charge is 2.46. The Balaban J connectivity index is 2.00. The van der Waals surface area contributed by atoms with E-state index < -0.39 is 24.0 Å². The van der Waals surface area contributed by atoms with Gasteiger partial charge in [-0.25, -0.2) is 4.79 Å². The molecule has 0 N–H and O–H groups in total. The molecule has 2 aromatic carbocycles. The molecule has 0 spiro atoms. The Hall–Kier alpha value is -3.08. The number of benzene rings is 2. The van der Waals surface area contributed by atoms with Gasteiger partial charge in [0, 0.05) is 0 Å². The van der Waals surface area contributed by atoms with Crippen LogP contribution in [-0.4, -0.2) is 25.7 Å². The van der Waals surface area contributed by atoms with Crippen LogP contribution in [0, 0.1) is 5.92 Å². The van der Waals surface area contributed by atoms with Crippen molar-refractivity contribution in [2.75, 3.05) is 13.7 Å². The fourth-order valence-electron chi connectivity index (χ4n) is 2.96. The molecule has 0 aromatic heterocycles. The van der Waals surface area contributed by atoms with E-state index in [0.29, 0.717) is 16.9 Å². The zero-order chi connectivity index (χ0) is 18.5. The van der Waals surface area contributed by atoms with Gasteiger partial charge in [0.1, 0.15) is 17.8 Å². The second kappa shape index (κ2) is 7.87.